The fraction of sp³-hybridized carbons (Fsp3) is 0.350. The highest BCUT2D eigenvalue weighted by atomic mass is 32.2. The standard InChI is InChI=1S/C20H25NOS/c1-16-8-12-19(13-9-16)23-15-14-20(22)21-17(2)10-11-18-6-4-3-5-7-18/h3-9,12-13,17H,10-11,14-15H2,1-2H3,(H,21,22). The Morgan fingerprint density at radius 1 is 1.09 bits per heavy atom. The third-order valence-electron chi connectivity index (χ3n) is 3.74. The van der Waals surface area contributed by atoms with Gasteiger partial charge in [0.1, 0.15) is 0 Å². The molecule has 0 spiro atoms. The van der Waals surface area contributed by atoms with Crippen LogP contribution in [-0.2, 0) is 11.2 Å². The van der Waals surface area contributed by atoms with Crippen LogP contribution in [0.25, 0.3) is 0 Å². The van der Waals surface area contributed by atoms with Gasteiger partial charge in [-0.3, -0.25) is 4.79 Å². The minimum Gasteiger partial charge on any atom is -0.354 e. The molecule has 0 aliphatic carbocycles. The fourth-order valence-corrected chi connectivity index (χ4v) is 3.19. The molecule has 0 fully saturated rings. The summed E-state index contributed by atoms with van der Waals surface area (Å²) in [5, 5.41) is 3.09. The zero-order valence-corrected chi connectivity index (χ0v) is 14.7. The average Bonchev–Trinajstić information content (AvgIpc) is 2.56. The molecule has 1 unspecified atom stereocenters. The number of amides is 1. The van der Waals surface area contributed by atoms with Crippen molar-refractivity contribution in [2.24, 2.45) is 0 Å². The van der Waals surface area contributed by atoms with E-state index in [1.54, 1.807) is 11.8 Å². The minimum atomic E-state index is 0.144. The van der Waals surface area contributed by atoms with Crippen LogP contribution in [0.4, 0.5) is 0 Å². The van der Waals surface area contributed by atoms with Crippen LogP contribution in [0.3, 0.4) is 0 Å². The lowest BCUT2D eigenvalue weighted by Gasteiger charge is -2.14. The number of hydrogen-bond donors (Lipinski definition) is 1. The second-order valence-electron chi connectivity index (χ2n) is 5.90. The molecular weight excluding hydrogens is 302 g/mol. The van der Waals surface area contributed by atoms with Gasteiger partial charge in [-0.2, -0.15) is 0 Å². The van der Waals surface area contributed by atoms with Gasteiger partial charge >= 0.3 is 0 Å². The highest BCUT2D eigenvalue weighted by molar-refractivity contribution is 7.99. The van der Waals surface area contributed by atoms with Crippen LogP contribution in [0.15, 0.2) is 59.5 Å². The summed E-state index contributed by atoms with van der Waals surface area (Å²) in [6.45, 7) is 4.16. The Morgan fingerprint density at radius 2 is 1.78 bits per heavy atom. The van der Waals surface area contributed by atoms with Crippen LogP contribution in [-0.4, -0.2) is 17.7 Å². The first-order chi connectivity index (χ1) is 11.1. The molecule has 0 bridgehead atoms. The van der Waals surface area contributed by atoms with Crippen molar-refractivity contribution in [3.8, 4) is 0 Å². The first-order valence-corrected chi connectivity index (χ1v) is 9.15. The van der Waals surface area contributed by atoms with Gasteiger partial charge in [-0.15, -0.1) is 11.8 Å². The van der Waals surface area contributed by atoms with Gasteiger partial charge in [0.15, 0.2) is 0 Å². The maximum Gasteiger partial charge on any atom is 0.221 e. The number of nitrogens with one attached hydrogen (secondary N) is 1. The molecule has 2 aromatic rings. The monoisotopic (exact) mass is 327 g/mol. The molecule has 0 aliphatic heterocycles. The number of rotatable bonds is 8. The van der Waals surface area contributed by atoms with Gasteiger partial charge in [0, 0.05) is 23.1 Å². The summed E-state index contributed by atoms with van der Waals surface area (Å²) in [5.41, 5.74) is 2.59. The van der Waals surface area contributed by atoms with E-state index in [4.69, 9.17) is 0 Å². The molecule has 2 nitrogen and oxygen atoms in total. The largest absolute Gasteiger partial charge is 0.354 e. The van der Waals surface area contributed by atoms with Crippen molar-refractivity contribution in [2.75, 3.05) is 5.75 Å². The summed E-state index contributed by atoms with van der Waals surface area (Å²) < 4.78 is 0. The molecule has 0 saturated carbocycles. The van der Waals surface area contributed by atoms with Crippen molar-refractivity contribution in [1.82, 2.24) is 5.32 Å². The Kier molecular flexibility index (Phi) is 7.21. The van der Waals surface area contributed by atoms with E-state index in [0.29, 0.717) is 6.42 Å². The molecule has 1 atom stereocenters. The van der Waals surface area contributed by atoms with Gasteiger partial charge in [-0.05, 0) is 44.4 Å². The predicted molar refractivity (Wildman–Crippen MR) is 98.9 cm³/mol. The van der Waals surface area contributed by atoms with Crippen LogP contribution in [0, 0.1) is 6.92 Å². The molecule has 0 aromatic heterocycles. The topological polar surface area (TPSA) is 29.1 Å². The maximum absolute atomic E-state index is 12.0. The lowest BCUT2D eigenvalue weighted by Crippen LogP contribution is -2.33. The summed E-state index contributed by atoms with van der Waals surface area (Å²) in [4.78, 5) is 13.2. The van der Waals surface area contributed by atoms with E-state index in [0.717, 1.165) is 18.6 Å². The first-order valence-electron chi connectivity index (χ1n) is 8.16. The number of benzene rings is 2. The Balaban J connectivity index is 1.63. The number of carbonyl (C=O) groups is 1. The molecule has 2 rings (SSSR count). The zero-order valence-electron chi connectivity index (χ0n) is 13.9. The normalized spacial score (nSPS) is 11.9. The summed E-state index contributed by atoms with van der Waals surface area (Å²) in [5.74, 6) is 0.963. The highest BCUT2D eigenvalue weighted by Crippen LogP contribution is 2.19. The van der Waals surface area contributed by atoms with Crippen LogP contribution < -0.4 is 5.32 Å². The third-order valence-corrected chi connectivity index (χ3v) is 4.75. The molecule has 122 valence electrons. The van der Waals surface area contributed by atoms with E-state index < -0.39 is 0 Å². The Bertz CT molecular complexity index is 595. The third kappa shape index (κ3) is 6.91. The van der Waals surface area contributed by atoms with E-state index in [1.165, 1.54) is 16.0 Å². The van der Waals surface area contributed by atoms with E-state index in [1.807, 2.05) is 6.07 Å². The SMILES string of the molecule is Cc1ccc(SCCC(=O)NC(C)CCc2ccccc2)cc1. The minimum absolute atomic E-state index is 0.144. The molecule has 1 N–H and O–H groups in total. The van der Waals surface area contributed by atoms with Crippen molar-refractivity contribution in [2.45, 2.75) is 44.0 Å². The van der Waals surface area contributed by atoms with Crippen molar-refractivity contribution in [3.63, 3.8) is 0 Å². The van der Waals surface area contributed by atoms with Gasteiger partial charge in [-0.1, -0.05) is 48.0 Å². The lowest BCUT2D eigenvalue weighted by atomic mass is 10.1. The fourth-order valence-electron chi connectivity index (χ4n) is 2.34. The van der Waals surface area contributed by atoms with E-state index in [-0.39, 0.29) is 11.9 Å². The number of thioether (sulfide) groups is 1. The van der Waals surface area contributed by atoms with Gasteiger partial charge in [-0.25, -0.2) is 0 Å². The molecule has 23 heavy (non-hydrogen) atoms. The van der Waals surface area contributed by atoms with Crippen LogP contribution in [0.1, 0.15) is 30.9 Å². The molecular formula is C20H25NOS. The number of hydrogen-bond acceptors (Lipinski definition) is 2. The van der Waals surface area contributed by atoms with Crippen molar-refractivity contribution in [3.05, 3.63) is 65.7 Å². The lowest BCUT2D eigenvalue weighted by molar-refractivity contribution is -0.121. The van der Waals surface area contributed by atoms with Gasteiger partial charge in [0.05, 0.1) is 0 Å². The van der Waals surface area contributed by atoms with E-state index in [2.05, 4.69) is 67.7 Å². The molecule has 0 saturated heterocycles. The molecule has 2 aromatic carbocycles. The van der Waals surface area contributed by atoms with Crippen molar-refractivity contribution >= 4 is 17.7 Å². The van der Waals surface area contributed by atoms with Gasteiger partial charge in [0.2, 0.25) is 5.91 Å². The van der Waals surface area contributed by atoms with E-state index >= 15 is 0 Å². The molecule has 1 amide bonds. The first kappa shape index (κ1) is 17.6. The predicted octanol–water partition coefficient (Wildman–Crippen LogP) is 4.61. The quantitative estimate of drug-likeness (QED) is 0.717. The average molecular weight is 327 g/mol. The van der Waals surface area contributed by atoms with Crippen LogP contribution in [0.2, 0.25) is 0 Å². The molecule has 0 heterocycles. The van der Waals surface area contributed by atoms with Gasteiger partial charge < -0.3 is 5.32 Å². The molecule has 0 aliphatic rings. The van der Waals surface area contributed by atoms with Crippen LogP contribution in [0.5, 0.6) is 0 Å². The summed E-state index contributed by atoms with van der Waals surface area (Å²) in [6.07, 6.45) is 2.54. The molecule has 3 heteroatoms. The van der Waals surface area contributed by atoms with Crippen molar-refractivity contribution < 1.29 is 4.79 Å². The zero-order chi connectivity index (χ0) is 16.5. The highest BCUT2D eigenvalue weighted by Gasteiger charge is 2.07. The maximum atomic E-state index is 12.0. The second-order valence-corrected chi connectivity index (χ2v) is 7.07. The number of carbonyl (C=O) groups excluding carboxylic acids is 1. The summed E-state index contributed by atoms with van der Waals surface area (Å²) in [6, 6.07) is 19.1. The Hall–Kier alpha value is -1.74. The molecule has 0 radical (unpaired) electrons. The smallest absolute Gasteiger partial charge is 0.221 e. The summed E-state index contributed by atoms with van der Waals surface area (Å²) in [7, 11) is 0. The number of aryl methyl sites for hydroxylation is 2. The second kappa shape index (κ2) is 9.41. The van der Waals surface area contributed by atoms with Crippen molar-refractivity contribution in [1.29, 1.82) is 0 Å². The Labute approximate surface area is 143 Å². The van der Waals surface area contributed by atoms with E-state index in [9.17, 15) is 4.79 Å². The Morgan fingerprint density at radius 3 is 2.48 bits per heavy atom. The summed E-state index contributed by atoms with van der Waals surface area (Å²) >= 11 is 1.73. The van der Waals surface area contributed by atoms with Gasteiger partial charge in [0.25, 0.3) is 0 Å². The van der Waals surface area contributed by atoms with Crippen LogP contribution >= 0.6 is 11.8 Å².